The second-order valence-electron chi connectivity index (χ2n) is 7.35. The molecule has 2 heterocycles. The van der Waals surface area contributed by atoms with Crippen molar-refractivity contribution in [3.05, 3.63) is 70.1 Å². The summed E-state index contributed by atoms with van der Waals surface area (Å²) in [4.78, 5) is 4.95. The summed E-state index contributed by atoms with van der Waals surface area (Å²) in [6.07, 6.45) is 0.470. The van der Waals surface area contributed by atoms with E-state index in [-0.39, 0.29) is 35.6 Å². The maximum atomic E-state index is 14.9. The van der Waals surface area contributed by atoms with E-state index in [0.717, 1.165) is 30.5 Å². The molecule has 4 rings (SSSR count). The number of ether oxygens (including phenoxy) is 1. The largest absolute Gasteiger partial charge is 0.489 e. The maximum absolute atomic E-state index is 14.9. The smallest absolute Gasteiger partial charge is 0.268 e. The molecule has 3 aromatic rings. The van der Waals surface area contributed by atoms with Gasteiger partial charge in [0.1, 0.15) is 17.7 Å². The predicted molar refractivity (Wildman–Crippen MR) is 122 cm³/mol. The van der Waals surface area contributed by atoms with E-state index in [9.17, 15) is 17.2 Å². The zero-order chi connectivity index (χ0) is 22.0. The molecule has 1 aliphatic rings. The highest BCUT2D eigenvalue weighted by Crippen LogP contribution is 2.32. The average Bonchev–Trinajstić information content (AvgIpc) is 3.38. The van der Waals surface area contributed by atoms with Gasteiger partial charge in [0.15, 0.2) is 16.5 Å². The molecule has 1 fully saturated rings. The first-order valence-corrected chi connectivity index (χ1v) is 12.1. The highest BCUT2D eigenvalue weighted by Gasteiger charge is 2.30. The Labute approximate surface area is 195 Å². The Morgan fingerprint density at radius 2 is 2.03 bits per heavy atom. The molecule has 11 heteroatoms. The summed E-state index contributed by atoms with van der Waals surface area (Å²) in [5.74, 6) is -2.36. The molecule has 1 atom stereocenters. The first-order chi connectivity index (χ1) is 14.8. The third kappa shape index (κ3) is 5.37. The quantitative estimate of drug-likeness (QED) is 0.512. The number of likely N-dealkylation sites (tertiary alicyclic amines) is 1. The number of benzene rings is 2. The standard InChI is InChI=1S/C21H21F2N3O3S2.ClH/c1-14-18(29-16-7-8-26(11-16)10-15-5-3-2-4-6-15)9-17(22)21(20(14)23)31(27,28)25-19-12-30-13-24-19;/h2-6,9,12-13,16,25H,7-8,10-11H2,1H3;1H. The van der Waals surface area contributed by atoms with Gasteiger partial charge in [-0.05, 0) is 18.9 Å². The van der Waals surface area contributed by atoms with Crippen LogP contribution in [0.3, 0.4) is 0 Å². The summed E-state index contributed by atoms with van der Waals surface area (Å²) in [6.45, 7) is 3.56. The Balaban J connectivity index is 0.00000289. The number of rotatable bonds is 7. The van der Waals surface area contributed by atoms with Gasteiger partial charge in [-0.1, -0.05) is 30.3 Å². The van der Waals surface area contributed by atoms with Crippen LogP contribution in [0.1, 0.15) is 17.5 Å². The fraction of sp³-hybridized carbons (Fsp3) is 0.286. The van der Waals surface area contributed by atoms with Crippen molar-refractivity contribution in [2.75, 3.05) is 17.8 Å². The number of thiazole rings is 1. The Morgan fingerprint density at radius 1 is 1.28 bits per heavy atom. The molecule has 0 aliphatic carbocycles. The molecule has 1 unspecified atom stereocenters. The van der Waals surface area contributed by atoms with Crippen molar-refractivity contribution in [1.82, 2.24) is 9.88 Å². The Bertz CT molecular complexity index is 1160. The zero-order valence-corrected chi connectivity index (χ0v) is 19.6. The van der Waals surface area contributed by atoms with Crippen molar-refractivity contribution < 1.29 is 21.9 Å². The van der Waals surface area contributed by atoms with Crippen LogP contribution in [0.15, 0.2) is 52.2 Å². The fourth-order valence-electron chi connectivity index (χ4n) is 3.55. The summed E-state index contributed by atoms with van der Waals surface area (Å²) in [5, 5.41) is 1.43. The van der Waals surface area contributed by atoms with E-state index in [1.165, 1.54) is 23.4 Å². The van der Waals surface area contributed by atoms with Gasteiger partial charge in [-0.2, -0.15) is 0 Å². The van der Waals surface area contributed by atoms with E-state index in [4.69, 9.17) is 4.74 Å². The van der Waals surface area contributed by atoms with Gasteiger partial charge in [0.05, 0.1) is 5.51 Å². The van der Waals surface area contributed by atoms with Crippen LogP contribution in [-0.4, -0.2) is 37.5 Å². The molecule has 0 spiro atoms. The molecule has 0 amide bonds. The average molecular weight is 502 g/mol. The third-order valence-electron chi connectivity index (χ3n) is 5.08. The number of halogens is 3. The molecule has 172 valence electrons. The van der Waals surface area contributed by atoms with Crippen molar-refractivity contribution in [3.8, 4) is 5.75 Å². The van der Waals surface area contributed by atoms with E-state index in [1.807, 2.05) is 30.3 Å². The first kappa shape index (κ1) is 24.4. The summed E-state index contributed by atoms with van der Waals surface area (Å²) in [5.41, 5.74) is 2.54. The molecule has 1 saturated heterocycles. The lowest BCUT2D eigenvalue weighted by atomic mass is 10.2. The second kappa shape index (κ2) is 10.1. The number of aromatic nitrogens is 1. The van der Waals surface area contributed by atoms with Crippen LogP contribution in [0.5, 0.6) is 5.75 Å². The van der Waals surface area contributed by atoms with Gasteiger partial charge in [0.2, 0.25) is 0 Å². The van der Waals surface area contributed by atoms with Gasteiger partial charge < -0.3 is 4.74 Å². The monoisotopic (exact) mass is 501 g/mol. The second-order valence-corrected chi connectivity index (χ2v) is 9.69. The van der Waals surface area contributed by atoms with Gasteiger partial charge in [-0.25, -0.2) is 22.2 Å². The van der Waals surface area contributed by atoms with E-state index < -0.39 is 26.6 Å². The number of nitrogens with zero attached hydrogens (tertiary/aromatic N) is 2. The number of sulfonamides is 1. The Morgan fingerprint density at radius 3 is 2.72 bits per heavy atom. The zero-order valence-electron chi connectivity index (χ0n) is 17.1. The highest BCUT2D eigenvalue weighted by atomic mass is 35.5. The van der Waals surface area contributed by atoms with Crippen molar-refractivity contribution in [1.29, 1.82) is 0 Å². The third-order valence-corrected chi connectivity index (χ3v) is 7.06. The van der Waals surface area contributed by atoms with Gasteiger partial charge in [0, 0.05) is 36.6 Å². The number of nitrogens with one attached hydrogen (secondary N) is 1. The number of anilines is 1. The lowest BCUT2D eigenvalue weighted by Gasteiger charge is -2.19. The van der Waals surface area contributed by atoms with Crippen LogP contribution in [0, 0.1) is 18.6 Å². The van der Waals surface area contributed by atoms with E-state index in [1.54, 1.807) is 0 Å². The van der Waals surface area contributed by atoms with E-state index >= 15 is 0 Å². The molecule has 2 aromatic carbocycles. The molecular weight excluding hydrogens is 480 g/mol. The first-order valence-electron chi connectivity index (χ1n) is 9.66. The minimum Gasteiger partial charge on any atom is -0.489 e. The topological polar surface area (TPSA) is 71.5 Å². The van der Waals surface area contributed by atoms with Crippen LogP contribution in [0.2, 0.25) is 0 Å². The summed E-state index contributed by atoms with van der Waals surface area (Å²) in [6, 6.07) is 10.9. The van der Waals surface area contributed by atoms with Gasteiger partial charge >= 0.3 is 0 Å². The van der Waals surface area contributed by atoms with Gasteiger partial charge in [-0.3, -0.25) is 9.62 Å². The fourth-order valence-corrected chi connectivity index (χ4v) is 5.30. The predicted octanol–water partition coefficient (Wildman–Crippen LogP) is 4.61. The van der Waals surface area contributed by atoms with Crippen LogP contribution >= 0.6 is 23.7 Å². The molecule has 0 saturated carbocycles. The molecule has 1 aromatic heterocycles. The lowest BCUT2D eigenvalue weighted by molar-refractivity contribution is 0.195. The van der Waals surface area contributed by atoms with Gasteiger partial charge in [0.25, 0.3) is 10.0 Å². The number of hydrogen-bond acceptors (Lipinski definition) is 6. The van der Waals surface area contributed by atoms with Crippen LogP contribution in [0.25, 0.3) is 0 Å². The van der Waals surface area contributed by atoms with Crippen LogP contribution in [0.4, 0.5) is 14.6 Å². The highest BCUT2D eigenvalue weighted by molar-refractivity contribution is 7.92. The van der Waals surface area contributed by atoms with E-state index in [0.29, 0.717) is 13.0 Å². The molecule has 0 bridgehead atoms. The molecule has 1 aliphatic heterocycles. The SMILES string of the molecule is Cc1c(OC2CCN(Cc3ccccc3)C2)cc(F)c(S(=O)(=O)Nc2cscn2)c1F.Cl. The molecule has 1 N–H and O–H groups in total. The summed E-state index contributed by atoms with van der Waals surface area (Å²) >= 11 is 1.16. The van der Waals surface area contributed by atoms with Crippen molar-refractivity contribution in [3.63, 3.8) is 0 Å². The normalized spacial score (nSPS) is 16.5. The lowest BCUT2D eigenvalue weighted by Crippen LogP contribution is -2.25. The Hall–Kier alpha value is -2.27. The summed E-state index contributed by atoms with van der Waals surface area (Å²) < 4.78 is 62.5. The minimum atomic E-state index is -4.47. The van der Waals surface area contributed by atoms with E-state index in [2.05, 4.69) is 14.6 Å². The molecule has 6 nitrogen and oxygen atoms in total. The molecular formula is C21H22ClF2N3O3S2. The summed E-state index contributed by atoms with van der Waals surface area (Å²) in [7, 11) is -4.47. The van der Waals surface area contributed by atoms with Crippen molar-refractivity contribution in [2.45, 2.75) is 30.9 Å². The van der Waals surface area contributed by atoms with Crippen LogP contribution < -0.4 is 9.46 Å². The Kier molecular flexibility index (Phi) is 7.71. The van der Waals surface area contributed by atoms with Crippen LogP contribution in [-0.2, 0) is 16.6 Å². The van der Waals surface area contributed by atoms with Crippen molar-refractivity contribution in [2.24, 2.45) is 0 Å². The van der Waals surface area contributed by atoms with Gasteiger partial charge in [-0.15, -0.1) is 23.7 Å². The number of hydrogen-bond donors (Lipinski definition) is 1. The molecule has 32 heavy (non-hydrogen) atoms. The minimum absolute atomic E-state index is 0. The molecule has 0 radical (unpaired) electrons. The van der Waals surface area contributed by atoms with Crippen molar-refractivity contribution >= 4 is 39.6 Å². The maximum Gasteiger partial charge on any atom is 0.268 e.